The number of aliphatic hydroxyl groups is 1. The average Bonchev–Trinajstić information content (AvgIpc) is 3.47. The van der Waals surface area contributed by atoms with Gasteiger partial charge in [0, 0.05) is 43.7 Å². The maximum absolute atomic E-state index is 14.5. The minimum absolute atomic E-state index is 0.0790. The number of hydrogen-bond acceptors (Lipinski definition) is 4. The molecule has 2 aliphatic heterocycles. The van der Waals surface area contributed by atoms with E-state index in [1.807, 2.05) is 12.1 Å². The Morgan fingerprint density at radius 2 is 1.97 bits per heavy atom. The molecule has 6 nitrogen and oxygen atoms in total. The lowest BCUT2D eigenvalue weighted by molar-refractivity contribution is 0.0622. The first-order chi connectivity index (χ1) is 15.5. The van der Waals surface area contributed by atoms with Crippen LogP contribution in [0.15, 0.2) is 42.7 Å². The fraction of sp³-hybridized carbons (Fsp3) is 0.417. The van der Waals surface area contributed by atoms with Crippen LogP contribution in [0.5, 0.6) is 0 Å². The van der Waals surface area contributed by atoms with E-state index in [0.29, 0.717) is 29.7 Å². The van der Waals surface area contributed by atoms with Crippen molar-refractivity contribution in [2.45, 2.75) is 31.7 Å². The number of carbonyl (C=O) groups excluding carboxylic acids is 1. The van der Waals surface area contributed by atoms with E-state index in [-0.39, 0.29) is 24.5 Å². The Morgan fingerprint density at radius 1 is 1.12 bits per heavy atom. The Morgan fingerprint density at radius 3 is 2.81 bits per heavy atom. The lowest BCUT2D eigenvalue weighted by atomic mass is 9.98. The molecule has 168 valence electrons. The summed E-state index contributed by atoms with van der Waals surface area (Å²) in [4.78, 5) is 17.1. The molecule has 0 aliphatic carbocycles. The summed E-state index contributed by atoms with van der Waals surface area (Å²) in [5, 5.41) is 13.8. The van der Waals surface area contributed by atoms with Crippen LogP contribution in [0.3, 0.4) is 0 Å². The molecule has 0 spiro atoms. The second-order valence-corrected chi connectivity index (χ2v) is 8.73. The topological polar surface area (TPSA) is 61.1 Å². The number of amides is 1. The first kappa shape index (κ1) is 20.9. The van der Waals surface area contributed by atoms with E-state index in [9.17, 15) is 18.7 Å². The number of aromatic nitrogens is 2. The fourth-order valence-electron chi connectivity index (χ4n) is 5.05. The van der Waals surface area contributed by atoms with Crippen LogP contribution >= 0.6 is 0 Å². The van der Waals surface area contributed by atoms with Crippen LogP contribution in [0.4, 0.5) is 14.5 Å². The van der Waals surface area contributed by atoms with Crippen molar-refractivity contribution in [2.75, 3.05) is 31.1 Å². The van der Waals surface area contributed by atoms with Crippen molar-refractivity contribution >= 4 is 17.1 Å². The first-order valence-electron chi connectivity index (χ1n) is 11.1. The molecule has 1 N–H and O–H groups in total. The third-order valence-corrected chi connectivity index (χ3v) is 6.70. The van der Waals surface area contributed by atoms with Gasteiger partial charge in [-0.2, -0.15) is 5.10 Å². The molecule has 2 aromatic heterocycles. The van der Waals surface area contributed by atoms with Gasteiger partial charge in [0.05, 0.1) is 23.3 Å². The normalized spacial score (nSPS) is 21.5. The number of anilines is 1. The number of pyridine rings is 1. The van der Waals surface area contributed by atoms with Gasteiger partial charge >= 0.3 is 0 Å². The number of likely N-dealkylation sites (tertiary alicyclic amines) is 1. The van der Waals surface area contributed by atoms with Gasteiger partial charge in [0.2, 0.25) is 0 Å². The standard InChI is InChI=1S/C24H26F2N4O2/c25-17-5-6-21(26)19(11-17)22-4-2-9-29(22)18-7-10-30-23(12-18)20(13-27-30)24(32)28-8-1-3-16(14-28)15-31/h5-7,10-13,16,22,31H,1-4,8-9,14-15H2. The largest absolute Gasteiger partial charge is 0.396 e. The van der Waals surface area contributed by atoms with Crippen molar-refractivity contribution in [3.63, 3.8) is 0 Å². The smallest absolute Gasteiger partial charge is 0.257 e. The zero-order chi connectivity index (χ0) is 22.2. The zero-order valence-corrected chi connectivity index (χ0v) is 17.8. The van der Waals surface area contributed by atoms with Crippen LogP contribution in [0.2, 0.25) is 0 Å². The predicted octanol–water partition coefficient (Wildman–Crippen LogP) is 3.80. The predicted molar refractivity (Wildman–Crippen MR) is 117 cm³/mol. The highest BCUT2D eigenvalue weighted by Crippen LogP contribution is 2.38. The second kappa shape index (κ2) is 8.50. The van der Waals surface area contributed by atoms with Gasteiger partial charge in [-0.25, -0.2) is 13.3 Å². The van der Waals surface area contributed by atoms with Gasteiger partial charge in [-0.15, -0.1) is 0 Å². The Hall–Kier alpha value is -3.00. The van der Waals surface area contributed by atoms with Gasteiger partial charge in [0.15, 0.2) is 0 Å². The van der Waals surface area contributed by atoms with Crippen LogP contribution in [0.25, 0.3) is 5.52 Å². The van der Waals surface area contributed by atoms with E-state index in [2.05, 4.69) is 10.00 Å². The lowest BCUT2D eigenvalue weighted by Crippen LogP contribution is -2.40. The van der Waals surface area contributed by atoms with Gasteiger partial charge in [-0.05, 0) is 61.9 Å². The second-order valence-electron chi connectivity index (χ2n) is 8.73. The summed E-state index contributed by atoms with van der Waals surface area (Å²) < 4.78 is 30.0. The molecule has 8 heteroatoms. The SMILES string of the molecule is O=C(c1cnn2ccc(N3CCCC3c3cc(F)ccc3F)cc12)N1CCCC(CO)C1. The Kier molecular flexibility index (Phi) is 5.55. The molecule has 1 aromatic carbocycles. The Balaban J connectivity index is 1.47. The number of hydrogen-bond donors (Lipinski definition) is 1. The maximum Gasteiger partial charge on any atom is 0.257 e. The first-order valence-corrected chi connectivity index (χ1v) is 11.1. The van der Waals surface area contributed by atoms with E-state index >= 15 is 0 Å². The quantitative estimate of drug-likeness (QED) is 0.671. The molecule has 2 unspecified atom stereocenters. The monoisotopic (exact) mass is 440 g/mol. The number of fused-ring (bicyclic) bond motifs is 1. The summed E-state index contributed by atoms with van der Waals surface area (Å²) in [6.07, 6.45) is 6.77. The molecule has 0 bridgehead atoms. The van der Waals surface area contributed by atoms with Gasteiger partial charge in [0.1, 0.15) is 11.6 Å². The minimum atomic E-state index is -0.449. The Labute approximate surface area is 185 Å². The Bertz CT molecular complexity index is 1150. The third-order valence-electron chi connectivity index (χ3n) is 6.70. The molecule has 2 aliphatic rings. The van der Waals surface area contributed by atoms with E-state index in [4.69, 9.17) is 0 Å². The molecule has 1 amide bonds. The summed E-state index contributed by atoms with van der Waals surface area (Å²) in [7, 11) is 0. The molecular weight excluding hydrogens is 414 g/mol. The molecule has 5 rings (SSSR count). The van der Waals surface area contributed by atoms with Crippen molar-refractivity contribution in [1.82, 2.24) is 14.5 Å². The van der Waals surface area contributed by atoms with Gasteiger partial charge in [0.25, 0.3) is 5.91 Å². The molecule has 0 saturated carbocycles. The molecule has 32 heavy (non-hydrogen) atoms. The molecule has 2 fully saturated rings. The zero-order valence-electron chi connectivity index (χ0n) is 17.8. The number of piperidine rings is 1. The maximum atomic E-state index is 14.5. The highest BCUT2D eigenvalue weighted by Gasteiger charge is 2.30. The lowest BCUT2D eigenvalue weighted by Gasteiger charge is -2.31. The van der Waals surface area contributed by atoms with Crippen LogP contribution in [-0.2, 0) is 0 Å². The molecule has 2 atom stereocenters. The molecule has 2 saturated heterocycles. The molecule has 3 aromatic rings. The van der Waals surface area contributed by atoms with Crippen molar-refractivity contribution < 1.29 is 18.7 Å². The van der Waals surface area contributed by atoms with Crippen LogP contribution < -0.4 is 4.90 Å². The number of halogens is 2. The van der Waals surface area contributed by atoms with Gasteiger partial charge in [-0.3, -0.25) is 4.79 Å². The molecule has 4 heterocycles. The van der Waals surface area contributed by atoms with Crippen LogP contribution in [-0.4, -0.2) is 51.8 Å². The average molecular weight is 440 g/mol. The van der Waals surface area contributed by atoms with E-state index < -0.39 is 11.6 Å². The van der Waals surface area contributed by atoms with E-state index in [0.717, 1.165) is 44.0 Å². The fourth-order valence-corrected chi connectivity index (χ4v) is 5.05. The number of carbonyl (C=O) groups is 1. The summed E-state index contributed by atoms with van der Waals surface area (Å²) in [5.41, 5.74) is 2.41. The highest BCUT2D eigenvalue weighted by molar-refractivity contribution is 6.01. The minimum Gasteiger partial charge on any atom is -0.396 e. The van der Waals surface area contributed by atoms with E-state index in [1.165, 1.54) is 12.1 Å². The molecular formula is C24H26F2N4O2. The van der Waals surface area contributed by atoms with Gasteiger partial charge < -0.3 is 14.9 Å². The highest BCUT2D eigenvalue weighted by atomic mass is 19.1. The van der Waals surface area contributed by atoms with Crippen molar-refractivity contribution in [3.8, 4) is 0 Å². The molecule has 0 radical (unpaired) electrons. The number of aliphatic hydroxyl groups excluding tert-OH is 1. The third kappa shape index (κ3) is 3.72. The van der Waals surface area contributed by atoms with Crippen molar-refractivity contribution in [2.24, 2.45) is 5.92 Å². The van der Waals surface area contributed by atoms with E-state index in [1.54, 1.807) is 21.8 Å². The van der Waals surface area contributed by atoms with Crippen LogP contribution in [0, 0.1) is 17.6 Å². The van der Waals surface area contributed by atoms with Crippen LogP contribution in [0.1, 0.15) is 47.6 Å². The summed E-state index contributed by atoms with van der Waals surface area (Å²) in [6, 6.07) is 7.13. The van der Waals surface area contributed by atoms with Crippen molar-refractivity contribution in [1.29, 1.82) is 0 Å². The summed E-state index contributed by atoms with van der Waals surface area (Å²) >= 11 is 0. The van der Waals surface area contributed by atoms with Gasteiger partial charge in [-0.1, -0.05) is 0 Å². The summed E-state index contributed by atoms with van der Waals surface area (Å²) in [5.74, 6) is -0.843. The number of benzene rings is 1. The number of rotatable bonds is 4. The summed E-state index contributed by atoms with van der Waals surface area (Å²) in [6.45, 7) is 2.01. The van der Waals surface area contributed by atoms with Crippen molar-refractivity contribution in [3.05, 3.63) is 65.5 Å². The number of nitrogens with zero attached hydrogens (tertiary/aromatic N) is 4.